The van der Waals surface area contributed by atoms with Crippen LogP contribution >= 0.6 is 0 Å². The number of methoxy groups -OCH3 is 1. The molecule has 2 aliphatic rings. The first-order valence-corrected chi connectivity index (χ1v) is 7.17. The highest BCUT2D eigenvalue weighted by atomic mass is 16.5. The van der Waals surface area contributed by atoms with Gasteiger partial charge in [-0.25, -0.2) is 0 Å². The summed E-state index contributed by atoms with van der Waals surface area (Å²) in [5, 5.41) is 2.79. The number of rotatable bonds is 7. The molecule has 1 aliphatic heterocycles. The molecule has 5 heteroatoms. The molecule has 2 fully saturated rings. The lowest BCUT2D eigenvalue weighted by molar-refractivity contribution is -0.145. The molecule has 2 rings (SSSR count). The molecule has 2 amide bonds. The zero-order valence-electron chi connectivity index (χ0n) is 11.9. The number of hydrogen-bond donors (Lipinski definition) is 1. The van der Waals surface area contributed by atoms with Crippen molar-refractivity contribution in [2.75, 3.05) is 26.8 Å². The van der Waals surface area contributed by atoms with Gasteiger partial charge in [-0.3, -0.25) is 9.59 Å². The molecule has 1 saturated carbocycles. The average Bonchev–Trinajstić information content (AvgIpc) is 3.13. The molecule has 1 aliphatic carbocycles. The summed E-state index contributed by atoms with van der Waals surface area (Å²) < 4.78 is 5.13. The van der Waals surface area contributed by atoms with Gasteiger partial charge in [-0.1, -0.05) is 13.3 Å². The van der Waals surface area contributed by atoms with Crippen LogP contribution in [0.5, 0.6) is 0 Å². The summed E-state index contributed by atoms with van der Waals surface area (Å²) in [6, 6.07) is -0.315. The van der Waals surface area contributed by atoms with Crippen molar-refractivity contribution in [2.24, 2.45) is 5.41 Å². The Morgan fingerprint density at radius 2 is 2.16 bits per heavy atom. The largest absolute Gasteiger partial charge is 0.385 e. The zero-order valence-corrected chi connectivity index (χ0v) is 11.9. The Hall–Kier alpha value is -1.10. The minimum absolute atomic E-state index is 0.0272. The van der Waals surface area contributed by atoms with E-state index < -0.39 is 0 Å². The van der Waals surface area contributed by atoms with Gasteiger partial charge in [0.15, 0.2) is 0 Å². The van der Waals surface area contributed by atoms with Crippen molar-refractivity contribution in [3.63, 3.8) is 0 Å². The fourth-order valence-corrected chi connectivity index (χ4v) is 2.78. The first-order chi connectivity index (χ1) is 9.10. The van der Waals surface area contributed by atoms with Gasteiger partial charge in [-0.05, 0) is 31.1 Å². The number of piperazine rings is 1. The second kappa shape index (κ2) is 5.90. The van der Waals surface area contributed by atoms with Gasteiger partial charge < -0.3 is 15.0 Å². The van der Waals surface area contributed by atoms with E-state index in [1.807, 2.05) is 6.92 Å². The minimum atomic E-state index is -0.315. The quantitative estimate of drug-likeness (QED) is 0.747. The monoisotopic (exact) mass is 268 g/mol. The van der Waals surface area contributed by atoms with E-state index in [9.17, 15) is 9.59 Å². The van der Waals surface area contributed by atoms with E-state index in [4.69, 9.17) is 4.74 Å². The van der Waals surface area contributed by atoms with Crippen LogP contribution in [0.25, 0.3) is 0 Å². The van der Waals surface area contributed by atoms with Crippen molar-refractivity contribution in [2.45, 2.75) is 45.1 Å². The molecule has 19 heavy (non-hydrogen) atoms. The number of hydrogen-bond acceptors (Lipinski definition) is 3. The van der Waals surface area contributed by atoms with E-state index in [0.29, 0.717) is 6.54 Å². The fourth-order valence-electron chi connectivity index (χ4n) is 2.78. The Balaban J connectivity index is 1.94. The Morgan fingerprint density at radius 1 is 1.42 bits per heavy atom. The molecule has 0 aromatic heterocycles. The van der Waals surface area contributed by atoms with Crippen LogP contribution in [0.3, 0.4) is 0 Å². The molecular weight excluding hydrogens is 244 g/mol. The molecule has 0 bridgehead atoms. The second-order valence-corrected chi connectivity index (χ2v) is 5.85. The molecule has 0 aromatic carbocycles. The van der Waals surface area contributed by atoms with Crippen LogP contribution in [0.4, 0.5) is 0 Å². The van der Waals surface area contributed by atoms with E-state index in [0.717, 1.165) is 38.7 Å². The third-order valence-electron chi connectivity index (χ3n) is 4.18. The molecule has 1 N–H and O–H groups in total. The van der Waals surface area contributed by atoms with E-state index in [-0.39, 0.29) is 29.8 Å². The van der Waals surface area contributed by atoms with Crippen LogP contribution in [-0.2, 0) is 14.3 Å². The Morgan fingerprint density at radius 3 is 2.74 bits per heavy atom. The molecule has 1 saturated heterocycles. The third kappa shape index (κ3) is 3.47. The van der Waals surface area contributed by atoms with Gasteiger partial charge in [0.1, 0.15) is 6.04 Å². The lowest BCUT2D eigenvalue weighted by Gasteiger charge is -2.35. The van der Waals surface area contributed by atoms with E-state index in [1.165, 1.54) is 0 Å². The molecule has 0 aromatic rings. The smallest absolute Gasteiger partial charge is 0.245 e. The molecular formula is C14H24N2O3. The van der Waals surface area contributed by atoms with Gasteiger partial charge in [-0.2, -0.15) is 0 Å². The lowest BCUT2D eigenvalue weighted by Crippen LogP contribution is -2.58. The summed E-state index contributed by atoms with van der Waals surface area (Å²) in [6.07, 6.45) is 4.89. The number of amides is 2. The van der Waals surface area contributed by atoms with Crippen LogP contribution in [0.15, 0.2) is 0 Å². The summed E-state index contributed by atoms with van der Waals surface area (Å²) in [7, 11) is 1.70. The Bertz CT molecular complexity index is 353. The first-order valence-electron chi connectivity index (χ1n) is 7.17. The first kappa shape index (κ1) is 14.3. The lowest BCUT2D eigenvalue weighted by atomic mass is 10.00. The highest BCUT2D eigenvalue weighted by Crippen LogP contribution is 2.49. The normalized spacial score (nSPS) is 25.4. The van der Waals surface area contributed by atoms with Crippen molar-refractivity contribution in [3.05, 3.63) is 0 Å². The minimum Gasteiger partial charge on any atom is -0.385 e. The van der Waals surface area contributed by atoms with Gasteiger partial charge in [0.2, 0.25) is 11.8 Å². The van der Waals surface area contributed by atoms with E-state index >= 15 is 0 Å². The number of nitrogens with zero attached hydrogens (tertiary/aromatic N) is 1. The summed E-state index contributed by atoms with van der Waals surface area (Å²) >= 11 is 0. The Kier molecular flexibility index (Phi) is 4.45. The molecule has 1 heterocycles. The molecule has 0 spiro atoms. The van der Waals surface area contributed by atoms with Crippen LogP contribution in [0.2, 0.25) is 0 Å². The zero-order chi connectivity index (χ0) is 13.9. The summed E-state index contributed by atoms with van der Waals surface area (Å²) in [5.74, 6) is 0.0609. The van der Waals surface area contributed by atoms with Crippen molar-refractivity contribution in [1.82, 2.24) is 10.2 Å². The number of carbonyl (C=O) groups is 2. The summed E-state index contributed by atoms with van der Waals surface area (Å²) in [4.78, 5) is 25.8. The summed E-state index contributed by atoms with van der Waals surface area (Å²) in [6.45, 7) is 3.68. The molecule has 108 valence electrons. The van der Waals surface area contributed by atoms with Gasteiger partial charge in [0.05, 0.1) is 6.54 Å². The van der Waals surface area contributed by atoms with Crippen molar-refractivity contribution in [3.8, 4) is 0 Å². The summed E-state index contributed by atoms with van der Waals surface area (Å²) in [5.41, 5.74) is 0.208. The van der Waals surface area contributed by atoms with Gasteiger partial charge in [0.25, 0.3) is 0 Å². The van der Waals surface area contributed by atoms with E-state index in [2.05, 4.69) is 5.32 Å². The predicted octanol–water partition coefficient (Wildman–Crippen LogP) is 0.930. The van der Waals surface area contributed by atoms with Crippen LogP contribution in [0.1, 0.15) is 39.0 Å². The highest BCUT2D eigenvalue weighted by molar-refractivity contribution is 5.94. The van der Waals surface area contributed by atoms with Crippen molar-refractivity contribution < 1.29 is 14.3 Å². The maximum atomic E-state index is 12.3. The number of carbonyl (C=O) groups excluding carboxylic acids is 2. The van der Waals surface area contributed by atoms with Gasteiger partial charge in [0, 0.05) is 20.3 Å². The topological polar surface area (TPSA) is 58.6 Å². The maximum absolute atomic E-state index is 12.3. The van der Waals surface area contributed by atoms with Crippen LogP contribution in [-0.4, -0.2) is 49.6 Å². The number of ether oxygens (including phenoxy) is 1. The van der Waals surface area contributed by atoms with Crippen molar-refractivity contribution in [1.29, 1.82) is 0 Å². The maximum Gasteiger partial charge on any atom is 0.245 e. The predicted molar refractivity (Wildman–Crippen MR) is 71.6 cm³/mol. The van der Waals surface area contributed by atoms with Gasteiger partial charge in [-0.15, -0.1) is 0 Å². The highest BCUT2D eigenvalue weighted by Gasteiger charge is 2.46. The Labute approximate surface area is 114 Å². The molecule has 5 nitrogen and oxygen atoms in total. The molecule has 1 unspecified atom stereocenters. The van der Waals surface area contributed by atoms with E-state index in [1.54, 1.807) is 12.0 Å². The van der Waals surface area contributed by atoms with Crippen LogP contribution in [0, 0.1) is 5.41 Å². The fraction of sp³-hybridized carbons (Fsp3) is 0.857. The van der Waals surface area contributed by atoms with Crippen LogP contribution < -0.4 is 5.32 Å². The standard InChI is InChI=1S/C14H24N2O3/c1-3-4-11-13(18)16(9-12(17)15-11)10-14(5-6-14)7-8-19-2/h11H,3-10H2,1-2H3,(H,15,17). The SMILES string of the molecule is CCCC1NC(=O)CN(CC2(CCOC)CC2)C1=O. The average molecular weight is 268 g/mol. The number of nitrogens with one attached hydrogen (secondary N) is 1. The molecule has 0 radical (unpaired) electrons. The van der Waals surface area contributed by atoms with Gasteiger partial charge >= 0.3 is 0 Å². The molecule has 1 atom stereocenters. The second-order valence-electron chi connectivity index (χ2n) is 5.85. The third-order valence-corrected chi connectivity index (χ3v) is 4.18. The van der Waals surface area contributed by atoms with Crippen molar-refractivity contribution >= 4 is 11.8 Å².